The highest BCUT2D eigenvalue weighted by molar-refractivity contribution is 5.43. The summed E-state index contributed by atoms with van der Waals surface area (Å²) >= 11 is 0. The lowest BCUT2D eigenvalue weighted by molar-refractivity contribution is 0.327. The molecule has 2 rings (SSSR count). The Labute approximate surface area is 153 Å². The van der Waals surface area contributed by atoms with E-state index in [9.17, 15) is 0 Å². The Balaban J connectivity index is 2.57. The molecule has 2 nitrogen and oxygen atoms in total. The Morgan fingerprint density at radius 2 is 1.52 bits per heavy atom. The van der Waals surface area contributed by atoms with Crippen molar-refractivity contribution in [2.75, 3.05) is 13.1 Å². The molecular formula is C23H34N2. The van der Waals surface area contributed by atoms with Crippen LogP contribution < -0.4 is 11.1 Å². The topological polar surface area (TPSA) is 38.0 Å². The van der Waals surface area contributed by atoms with Crippen LogP contribution in [0.25, 0.3) is 0 Å². The van der Waals surface area contributed by atoms with E-state index in [0.29, 0.717) is 24.4 Å². The van der Waals surface area contributed by atoms with Crippen LogP contribution in [-0.2, 0) is 5.41 Å². The minimum Gasteiger partial charge on any atom is -0.329 e. The fourth-order valence-corrected chi connectivity index (χ4v) is 3.67. The molecule has 0 saturated heterocycles. The molecule has 0 aliphatic rings. The second-order valence-electron chi connectivity index (χ2n) is 7.79. The van der Waals surface area contributed by atoms with Crippen LogP contribution in [0, 0.1) is 5.92 Å². The highest BCUT2D eigenvalue weighted by Crippen LogP contribution is 2.39. The van der Waals surface area contributed by atoms with Gasteiger partial charge in [0.2, 0.25) is 0 Å². The van der Waals surface area contributed by atoms with E-state index in [-0.39, 0.29) is 5.41 Å². The van der Waals surface area contributed by atoms with E-state index in [2.05, 4.69) is 94.5 Å². The van der Waals surface area contributed by atoms with Gasteiger partial charge in [-0.2, -0.15) is 0 Å². The zero-order valence-electron chi connectivity index (χ0n) is 16.4. The zero-order valence-corrected chi connectivity index (χ0v) is 16.4. The molecule has 0 saturated carbocycles. The van der Waals surface area contributed by atoms with Gasteiger partial charge >= 0.3 is 0 Å². The maximum absolute atomic E-state index is 6.48. The molecule has 0 heterocycles. The number of rotatable bonds is 8. The predicted molar refractivity (Wildman–Crippen MR) is 109 cm³/mol. The third-order valence-corrected chi connectivity index (χ3v) is 5.35. The Hall–Kier alpha value is -1.64. The van der Waals surface area contributed by atoms with Gasteiger partial charge in [0.1, 0.15) is 0 Å². The Bertz CT molecular complexity index is 648. The van der Waals surface area contributed by atoms with Gasteiger partial charge in [0.05, 0.1) is 0 Å². The summed E-state index contributed by atoms with van der Waals surface area (Å²) in [6, 6.07) is 20.2. The van der Waals surface area contributed by atoms with E-state index >= 15 is 0 Å². The summed E-state index contributed by atoms with van der Waals surface area (Å²) in [5, 5.41) is 3.61. The molecule has 0 bridgehead atoms. The van der Waals surface area contributed by atoms with Gasteiger partial charge < -0.3 is 11.1 Å². The summed E-state index contributed by atoms with van der Waals surface area (Å²) in [5.74, 6) is 0.889. The lowest BCUT2D eigenvalue weighted by Gasteiger charge is -2.40. The van der Waals surface area contributed by atoms with Gasteiger partial charge in [-0.25, -0.2) is 0 Å². The Kier molecular flexibility index (Phi) is 6.80. The van der Waals surface area contributed by atoms with Crippen LogP contribution in [-0.4, -0.2) is 19.1 Å². The molecule has 2 aromatic carbocycles. The molecule has 0 aliphatic carbocycles. The van der Waals surface area contributed by atoms with Gasteiger partial charge in [0.15, 0.2) is 0 Å². The van der Waals surface area contributed by atoms with Crippen LogP contribution in [0.2, 0.25) is 0 Å². The van der Waals surface area contributed by atoms with E-state index in [4.69, 9.17) is 5.73 Å². The lowest BCUT2D eigenvalue weighted by Crippen LogP contribution is -2.47. The van der Waals surface area contributed by atoms with Crippen LogP contribution in [0.15, 0.2) is 54.6 Å². The van der Waals surface area contributed by atoms with Crippen LogP contribution >= 0.6 is 0 Å². The minimum atomic E-state index is -0.186. The molecule has 0 spiro atoms. The van der Waals surface area contributed by atoms with Crippen molar-refractivity contribution in [2.45, 2.75) is 52.0 Å². The lowest BCUT2D eigenvalue weighted by atomic mass is 9.65. The number of nitrogens with one attached hydrogen (secondary N) is 1. The molecule has 2 aromatic rings. The SMILES string of the molecule is CC(C)NCC(C)C(CN)(c1ccccc1)c1cccc(C(C)C)c1. The van der Waals surface area contributed by atoms with Crippen molar-refractivity contribution < 1.29 is 0 Å². The normalized spacial score (nSPS) is 15.4. The smallest absolute Gasteiger partial charge is 0.0362 e. The molecule has 0 fully saturated rings. The number of hydrogen-bond acceptors (Lipinski definition) is 2. The van der Waals surface area contributed by atoms with Gasteiger partial charge in [0, 0.05) is 18.0 Å². The molecule has 2 heteroatoms. The highest BCUT2D eigenvalue weighted by atomic mass is 14.9. The average Bonchev–Trinajstić information content (AvgIpc) is 2.62. The summed E-state index contributed by atoms with van der Waals surface area (Å²) < 4.78 is 0. The fourth-order valence-electron chi connectivity index (χ4n) is 3.67. The number of hydrogen-bond donors (Lipinski definition) is 2. The first kappa shape index (κ1) is 19.7. The van der Waals surface area contributed by atoms with Crippen molar-refractivity contribution >= 4 is 0 Å². The summed E-state index contributed by atoms with van der Waals surface area (Å²) in [6.07, 6.45) is 0. The molecule has 0 aromatic heterocycles. The number of benzene rings is 2. The maximum atomic E-state index is 6.48. The zero-order chi connectivity index (χ0) is 18.4. The summed E-state index contributed by atoms with van der Waals surface area (Å²) in [6.45, 7) is 12.7. The molecule has 0 aliphatic heterocycles. The van der Waals surface area contributed by atoms with Gasteiger partial charge in [-0.1, -0.05) is 89.2 Å². The molecule has 2 atom stereocenters. The largest absolute Gasteiger partial charge is 0.329 e. The van der Waals surface area contributed by atoms with Crippen LogP contribution in [0.5, 0.6) is 0 Å². The fraction of sp³-hybridized carbons (Fsp3) is 0.478. The van der Waals surface area contributed by atoms with E-state index < -0.39 is 0 Å². The summed E-state index contributed by atoms with van der Waals surface area (Å²) in [5.41, 5.74) is 10.3. The quantitative estimate of drug-likeness (QED) is 0.733. The minimum absolute atomic E-state index is 0.186. The third kappa shape index (κ3) is 4.31. The molecular weight excluding hydrogens is 304 g/mol. The first-order valence-electron chi connectivity index (χ1n) is 9.51. The van der Waals surface area contributed by atoms with E-state index in [1.54, 1.807) is 0 Å². The molecule has 2 unspecified atom stereocenters. The molecule has 136 valence electrons. The van der Waals surface area contributed by atoms with Gasteiger partial charge in [-0.05, 0) is 35.1 Å². The molecule has 3 N–H and O–H groups in total. The standard InChI is InChI=1S/C23H34N2/c1-17(2)20-10-9-13-22(14-20)23(16-24,19(5)15-25-18(3)4)21-11-7-6-8-12-21/h6-14,17-19,25H,15-16,24H2,1-5H3. The monoisotopic (exact) mass is 338 g/mol. The first-order chi connectivity index (χ1) is 11.9. The third-order valence-electron chi connectivity index (χ3n) is 5.35. The van der Waals surface area contributed by atoms with Crippen LogP contribution in [0.3, 0.4) is 0 Å². The summed E-state index contributed by atoms with van der Waals surface area (Å²) in [7, 11) is 0. The summed E-state index contributed by atoms with van der Waals surface area (Å²) in [4.78, 5) is 0. The van der Waals surface area contributed by atoms with Crippen molar-refractivity contribution in [1.29, 1.82) is 0 Å². The van der Waals surface area contributed by atoms with Crippen LogP contribution in [0.1, 0.15) is 57.2 Å². The van der Waals surface area contributed by atoms with Crippen molar-refractivity contribution in [3.63, 3.8) is 0 Å². The maximum Gasteiger partial charge on any atom is 0.0362 e. The van der Waals surface area contributed by atoms with Crippen molar-refractivity contribution in [1.82, 2.24) is 5.32 Å². The van der Waals surface area contributed by atoms with E-state index in [1.165, 1.54) is 16.7 Å². The van der Waals surface area contributed by atoms with Crippen molar-refractivity contribution in [3.8, 4) is 0 Å². The second-order valence-corrected chi connectivity index (χ2v) is 7.79. The Morgan fingerprint density at radius 1 is 0.880 bits per heavy atom. The van der Waals surface area contributed by atoms with E-state index in [1.807, 2.05) is 0 Å². The Morgan fingerprint density at radius 3 is 2.08 bits per heavy atom. The average molecular weight is 339 g/mol. The number of nitrogens with two attached hydrogens (primary N) is 1. The second kappa shape index (κ2) is 8.64. The van der Waals surface area contributed by atoms with Gasteiger partial charge in [-0.15, -0.1) is 0 Å². The first-order valence-corrected chi connectivity index (χ1v) is 9.51. The molecule has 0 radical (unpaired) electrons. The van der Waals surface area contributed by atoms with Crippen LogP contribution in [0.4, 0.5) is 0 Å². The van der Waals surface area contributed by atoms with Crippen molar-refractivity contribution in [3.05, 3.63) is 71.3 Å². The highest BCUT2D eigenvalue weighted by Gasteiger charge is 2.38. The van der Waals surface area contributed by atoms with Crippen molar-refractivity contribution in [2.24, 2.45) is 11.7 Å². The molecule has 0 amide bonds. The van der Waals surface area contributed by atoms with Gasteiger partial charge in [0.25, 0.3) is 0 Å². The molecule has 25 heavy (non-hydrogen) atoms. The predicted octanol–water partition coefficient (Wildman–Crippen LogP) is 4.69. The van der Waals surface area contributed by atoms with E-state index in [0.717, 1.165) is 6.54 Å². The van der Waals surface area contributed by atoms with Gasteiger partial charge in [-0.3, -0.25) is 0 Å².